The Morgan fingerprint density at radius 1 is 1.11 bits per heavy atom. The Morgan fingerprint density at radius 3 is 2.00 bits per heavy atom. The molecular formula is C11H11NO6. The lowest BCUT2D eigenvalue weighted by molar-refractivity contribution is -0.114. The molecule has 7 heteroatoms. The van der Waals surface area contributed by atoms with Crippen molar-refractivity contribution in [1.29, 1.82) is 0 Å². The molecule has 0 unspecified atom stereocenters. The zero-order valence-electron chi connectivity index (χ0n) is 9.68. The molecule has 18 heavy (non-hydrogen) atoms. The van der Waals surface area contributed by atoms with Gasteiger partial charge >= 0.3 is 11.9 Å². The van der Waals surface area contributed by atoms with E-state index in [2.05, 4.69) is 5.32 Å². The maximum atomic E-state index is 11.0. The first-order chi connectivity index (χ1) is 8.36. The van der Waals surface area contributed by atoms with E-state index in [1.807, 2.05) is 0 Å². The van der Waals surface area contributed by atoms with Crippen molar-refractivity contribution in [2.75, 3.05) is 12.4 Å². The molecule has 3 N–H and O–H groups in total. The average molecular weight is 253 g/mol. The van der Waals surface area contributed by atoms with Gasteiger partial charge in [-0.2, -0.15) is 0 Å². The van der Waals surface area contributed by atoms with Gasteiger partial charge in [0, 0.05) is 6.92 Å². The largest absolute Gasteiger partial charge is 0.495 e. The summed E-state index contributed by atoms with van der Waals surface area (Å²) < 4.78 is 4.90. The van der Waals surface area contributed by atoms with Gasteiger partial charge in [-0.1, -0.05) is 0 Å². The first-order valence-corrected chi connectivity index (χ1v) is 4.83. The quantitative estimate of drug-likeness (QED) is 0.739. The third kappa shape index (κ3) is 2.76. The van der Waals surface area contributed by atoms with E-state index in [4.69, 9.17) is 14.9 Å². The van der Waals surface area contributed by atoms with E-state index in [0.29, 0.717) is 0 Å². The fourth-order valence-corrected chi connectivity index (χ4v) is 1.39. The van der Waals surface area contributed by atoms with Crippen LogP contribution in [0.3, 0.4) is 0 Å². The van der Waals surface area contributed by atoms with Crippen LogP contribution >= 0.6 is 0 Å². The minimum Gasteiger partial charge on any atom is -0.495 e. The number of nitrogens with one attached hydrogen (secondary N) is 1. The molecule has 1 amide bonds. The van der Waals surface area contributed by atoms with Gasteiger partial charge in [0.05, 0.1) is 23.9 Å². The van der Waals surface area contributed by atoms with Gasteiger partial charge in [0.15, 0.2) is 0 Å². The highest BCUT2D eigenvalue weighted by Gasteiger charge is 2.20. The van der Waals surface area contributed by atoms with E-state index in [9.17, 15) is 14.4 Å². The number of carbonyl (C=O) groups excluding carboxylic acids is 1. The van der Waals surface area contributed by atoms with Crippen LogP contribution in [0.25, 0.3) is 0 Å². The standard InChI is InChI=1S/C11H11NO6/c1-5(13)12-8-3-6(10(14)15)7(11(16)17)4-9(8)18-2/h3-4H,1-2H3,(H,12,13)(H,14,15)(H,16,17). The van der Waals surface area contributed by atoms with Crippen molar-refractivity contribution >= 4 is 23.5 Å². The number of amides is 1. The van der Waals surface area contributed by atoms with Crippen molar-refractivity contribution in [3.05, 3.63) is 23.3 Å². The lowest BCUT2D eigenvalue weighted by Gasteiger charge is -2.11. The smallest absolute Gasteiger partial charge is 0.336 e. The van der Waals surface area contributed by atoms with Crippen molar-refractivity contribution in [2.24, 2.45) is 0 Å². The van der Waals surface area contributed by atoms with E-state index >= 15 is 0 Å². The molecule has 1 aromatic rings. The molecule has 0 atom stereocenters. The van der Waals surface area contributed by atoms with Crippen molar-refractivity contribution in [1.82, 2.24) is 0 Å². The Labute approximate surface area is 102 Å². The molecule has 0 fully saturated rings. The van der Waals surface area contributed by atoms with Gasteiger partial charge in [-0.15, -0.1) is 0 Å². The first-order valence-electron chi connectivity index (χ1n) is 4.83. The Kier molecular flexibility index (Phi) is 3.88. The fourth-order valence-electron chi connectivity index (χ4n) is 1.39. The van der Waals surface area contributed by atoms with E-state index < -0.39 is 29.0 Å². The summed E-state index contributed by atoms with van der Waals surface area (Å²) in [6, 6.07) is 2.10. The molecule has 7 nitrogen and oxygen atoms in total. The number of rotatable bonds is 4. The fraction of sp³-hybridized carbons (Fsp3) is 0.182. The van der Waals surface area contributed by atoms with E-state index in [-0.39, 0.29) is 11.4 Å². The molecule has 0 radical (unpaired) electrons. The Balaban J connectivity index is 3.45. The molecule has 0 aliphatic rings. The summed E-state index contributed by atoms with van der Waals surface area (Å²) in [4.78, 5) is 32.8. The minimum absolute atomic E-state index is 0.0765. The SMILES string of the molecule is COc1cc(C(=O)O)c(C(=O)O)cc1NC(C)=O. The average Bonchev–Trinajstić information content (AvgIpc) is 2.27. The highest BCUT2D eigenvalue weighted by Crippen LogP contribution is 2.28. The molecule has 0 bridgehead atoms. The second kappa shape index (κ2) is 5.17. The predicted molar refractivity (Wildman–Crippen MR) is 61.2 cm³/mol. The maximum absolute atomic E-state index is 11.0. The summed E-state index contributed by atoms with van der Waals surface area (Å²) in [5, 5.41) is 20.2. The monoisotopic (exact) mass is 253 g/mol. The van der Waals surface area contributed by atoms with Crippen LogP contribution < -0.4 is 10.1 Å². The van der Waals surface area contributed by atoms with E-state index in [1.54, 1.807) is 0 Å². The summed E-state index contributed by atoms with van der Waals surface area (Å²) in [5.74, 6) is -3.14. The second-order valence-corrected chi connectivity index (χ2v) is 3.39. The van der Waals surface area contributed by atoms with Gasteiger partial charge in [0.25, 0.3) is 0 Å². The number of carboxylic acid groups (broad SMARTS) is 2. The normalized spacial score (nSPS) is 9.67. The summed E-state index contributed by atoms with van der Waals surface area (Å²) in [5.41, 5.74) is -0.729. The first kappa shape index (κ1) is 13.5. The molecule has 96 valence electrons. The summed E-state index contributed by atoms with van der Waals surface area (Å²) >= 11 is 0. The molecule has 0 heterocycles. The van der Waals surface area contributed by atoms with Gasteiger partial charge in [0.1, 0.15) is 5.75 Å². The van der Waals surface area contributed by atoms with E-state index in [1.165, 1.54) is 14.0 Å². The number of carboxylic acids is 2. The molecule has 0 aliphatic heterocycles. The van der Waals surface area contributed by atoms with Crippen LogP contribution in [-0.4, -0.2) is 35.2 Å². The molecule has 0 spiro atoms. The lowest BCUT2D eigenvalue weighted by atomic mass is 10.1. The van der Waals surface area contributed by atoms with Gasteiger partial charge in [-0.05, 0) is 12.1 Å². The Bertz CT molecular complexity index is 523. The summed E-state index contributed by atoms with van der Waals surface area (Å²) in [6.45, 7) is 1.24. The van der Waals surface area contributed by atoms with Crippen LogP contribution in [0, 0.1) is 0 Å². The minimum atomic E-state index is -1.40. The van der Waals surface area contributed by atoms with Crippen LogP contribution in [0.1, 0.15) is 27.6 Å². The van der Waals surface area contributed by atoms with Crippen LogP contribution in [0.4, 0.5) is 5.69 Å². The number of aromatic carboxylic acids is 2. The van der Waals surface area contributed by atoms with Crippen molar-refractivity contribution < 1.29 is 29.3 Å². The molecule has 0 saturated heterocycles. The summed E-state index contributed by atoms with van der Waals surface area (Å²) in [6.07, 6.45) is 0. The van der Waals surface area contributed by atoms with Gasteiger partial charge in [0.2, 0.25) is 5.91 Å². The second-order valence-electron chi connectivity index (χ2n) is 3.39. The van der Waals surface area contributed by atoms with Crippen LogP contribution in [-0.2, 0) is 4.79 Å². The number of methoxy groups -OCH3 is 1. The molecule has 1 rings (SSSR count). The summed E-state index contributed by atoms with van der Waals surface area (Å²) in [7, 11) is 1.28. The van der Waals surface area contributed by atoms with Crippen LogP contribution in [0.2, 0.25) is 0 Å². The van der Waals surface area contributed by atoms with Gasteiger partial charge < -0.3 is 20.3 Å². The van der Waals surface area contributed by atoms with Crippen LogP contribution in [0.5, 0.6) is 5.75 Å². The highest BCUT2D eigenvalue weighted by atomic mass is 16.5. The zero-order valence-corrected chi connectivity index (χ0v) is 9.68. The number of carbonyl (C=O) groups is 3. The zero-order chi connectivity index (χ0) is 13.9. The lowest BCUT2D eigenvalue weighted by Crippen LogP contribution is -2.12. The highest BCUT2D eigenvalue weighted by molar-refractivity contribution is 6.04. The van der Waals surface area contributed by atoms with Crippen molar-refractivity contribution in [3.8, 4) is 5.75 Å². The third-order valence-corrected chi connectivity index (χ3v) is 2.11. The van der Waals surface area contributed by atoms with E-state index in [0.717, 1.165) is 12.1 Å². The van der Waals surface area contributed by atoms with Crippen molar-refractivity contribution in [2.45, 2.75) is 6.92 Å². The van der Waals surface area contributed by atoms with Gasteiger partial charge in [-0.3, -0.25) is 4.79 Å². The Hall–Kier alpha value is -2.57. The predicted octanol–water partition coefficient (Wildman–Crippen LogP) is 1.05. The number of benzene rings is 1. The molecule has 0 aliphatic carbocycles. The number of ether oxygens (including phenoxy) is 1. The Morgan fingerprint density at radius 2 is 1.61 bits per heavy atom. The molecule has 0 aromatic heterocycles. The molecule has 1 aromatic carbocycles. The number of hydrogen-bond acceptors (Lipinski definition) is 4. The van der Waals surface area contributed by atoms with Crippen molar-refractivity contribution in [3.63, 3.8) is 0 Å². The number of anilines is 1. The topological polar surface area (TPSA) is 113 Å². The van der Waals surface area contributed by atoms with Gasteiger partial charge in [-0.25, -0.2) is 9.59 Å². The molecule has 0 saturated carbocycles. The van der Waals surface area contributed by atoms with Crippen LogP contribution in [0.15, 0.2) is 12.1 Å². The molecular weight excluding hydrogens is 242 g/mol. The number of hydrogen-bond donors (Lipinski definition) is 3. The maximum Gasteiger partial charge on any atom is 0.336 e. The third-order valence-electron chi connectivity index (χ3n) is 2.11.